The molecule has 1 aromatic rings. The number of rotatable bonds is 3. The minimum Gasteiger partial charge on any atom is -0.497 e. The molecule has 4 aliphatic rings. The fraction of sp³-hybridized carbons (Fsp3) is 0.696. The van der Waals surface area contributed by atoms with Crippen LogP contribution in [0, 0.1) is 17.8 Å². The number of ether oxygens (including phenoxy) is 1. The summed E-state index contributed by atoms with van der Waals surface area (Å²) in [7, 11) is 1.75. The van der Waals surface area contributed by atoms with Gasteiger partial charge in [-0.05, 0) is 73.2 Å². The van der Waals surface area contributed by atoms with Crippen molar-refractivity contribution in [3.8, 4) is 5.75 Å². The summed E-state index contributed by atoms with van der Waals surface area (Å²) in [6.45, 7) is 4.78. The molecule has 27 heavy (non-hydrogen) atoms. The molecular formula is C23H32ClNO2. The maximum atomic E-state index is 12.7. The molecule has 0 amide bonds. The number of Topliss-reactive ketones (excluding diaryl/α,β-unsaturated/α-hetero) is 1. The summed E-state index contributed by atoms with van der Waals surface area (Å²) in [6.07, 6.45) is 8.06. The summed E-state index contributed by atoms with van der Waals surface area (Å²) in [5.41, 5.74) is 2.95. The van der Waals surface area contributed by atoms with E-state index in [2.05, 4.69) is 30.0 Å². The predicted molar refractivity (Wildman–Crippen MR) is 110 cm³/mol. The van der Waals surface area contributed by atoms with E-state index in [1.807, 2.05) is 0 Å². The van der Waals surface area contributed by atoms with E-state index >= 15 is 0 Å². The van der Waals surface area contributed by atoms with Crippen molar-refractivity contribution >= 4 is 18.2 Å². The highest BCUT2D eigenvalue weighted by Gasteiger charge is 2.58. The third kappa shape index (κ3) is 2.93. The lowest BCUT2D eigenvalue weighted by Crippen LogP contribution is -2.64. The minimum absolute atomic E-state index is 0. The van der Waals surface area contributed by atoms with Gasteiger partial charge in [0, 0.05) is 30.8 Å². The van der Waals surface area contributed by atoms with E-state index < -0.39 is 0 Å². The molecule has 3 nitrogen and oxygen atoms in total. The normalized spacial score (nSPS) is 35.5. The quantitative estimate of drug-likeness (QED) is 0.767. The Kier molecular flexibility index (Phi) is 5.05. The highest BCUT2D eigenvalue weighted by atomic mass is 35.5. The van der Waals surface area contributed by atoms with Gasteiger partial charge in [-0.15, -0.1) is 12.4 Å². The zero-order valence-electron chi connectivity index (χ0n) is 16.6. The van der Waals surface area contributed by atoms with Crippen LogP contribution in [0.25, 0.3) is 0 Å². The number of hydrogen-bond acceptors (Lipinski definition) is 3. The minimum atomic E-state index is 0. The number of halogens is 1. The first-order valence-electron chi connectivity index (χ1n) is 10.5. The molecule has 3 fully saturated rings. The van der Waals surface area contributed by atoms with Crippen molar-refractivity contribution in [3.63, 3.8) is 0 Å². The van der Waals surface area contributed by atoms with Crippen molar-refractivity contribution < 1.29 is 9.53 Å². The van der Waals surface area contributed by atoms with E-state index in [9.17, 15) is 4.79 Å². The van der Waals surface area contributed by atoms with E-state index in [4.69, 9.17) is 4.74 Å². The van der Waals surface area contributed by atoms with Crippen molar-refractivity contribution in [1.82, 2.24) is 4.90 Å². The Morgan fingerprint density at radius 1 is 1.26 bits per heavy atom. The van der Waals surface area contributed by atoms with Crippen LogP contribution in [0.4, 0.5) is 0 Å². The maximum absolute atomic E-state index is 12.7. The summed E-state index contributed by atoms with van der Waals surface area (Å²) in [6, 6.07) is 7.25. The van der Waals surface area contributed by atoms with Crippen LogP contribution in [0.2, 0.25) is 0 Å². The van der Waals surface area contributed by atoms with Crippen LogP contribution in [-0.2, 0) is 16.6 Å². The van der Waals surface area contributed by atoms with Crippen molar-refractivity contribution in [2.75, 3.05) is 20.2 Å². The third-order valence-electron chi connectivity index (χ3n) is 8.04. The maximum Gasteiger partial charge on any atom is 0.134 e. The van der Waals surface area contributed by atoms with E-state index in [0.29, 0.717) is 23.7 Å². The Morgan fingerprint density at radius 3 is 2.78 bits per heavy atom. The zero-order valence-corrected chi connectivity index (χ0v) is 17.4. The molecule has 1 heterocycles. The molecule has 1 aromatic carbocycles. The van der Waals surface area contributed by atoms with Gasteiger partial charge in [-0.1, -0.05) is 19.4 Å². The number of ketones is 1. The number of nitrogens with zero attached hydrogens (tertiary/aromatic N) is 1. The second-order valence-corrected chi connectivity index (χ2v) is 9.42. The van der Waals surface area contributed by atoms with E-state index in [1.54, 1.807) is 7.11 Å². The summed E-state index contributed by atoms with van der Waals surface area (Å²) in [5.74, 6) is 3.44. The molecule has 0 aromatic heterocycles. The van der Waals surface area contributed by atoms with E-state index in [-0.39, 0.29) is 17.8 Å². The second kappa shape index (κ2) is 7.08. The van der Waals surface area contributed by atoms with Gasteiger partial charge < -0.3 is 4.74 Å². The SMILES string of the molecule is COc1ccc2c(c1)[C@]13CCN(CC4CCC4)[C@H](C2)[C@@H]1[C@@H](C)CC(=O)C3.Cl. The van der Waals surface area contributed by atoms with Gasteiger partial charge in [-0.2, -0.15) is 0 Å². The monoisotopic (exact) mass is 389 g/mol. The lowest BCUT2D eigenvalue weighted by molar-refractivity contribution is -0.131. The molecule has 4 atom stereocenters. The second-order valence-electron chi connectivity index (χ2n) is 9.42. The van der Waals surface area contributed by atoms with Gasteiger partial charge in [0.05, 0.1) is 7.11 Å². The number of methoxy groups -OCH3 is 1. The number of likely N-dealkylation sites (tertiary alicyclic amines) is 1. The topological polar surface area (TPSA) is 29.5 Å². The molecule has 4 heteroatoms. The molecular weight excluding hydrogens is 358 g/mol. The van der Waals surface area contributed by atoms with Crippen LogP contribution in [0.15, 0.2) is 18.2 Å². The number of carbonyl (C=O) groups excluding carboxylic acids is 1. The van der Waals surface area contributed by atoms with Crippen molar-refractivity contribution in [1.29, 1.82) is 0 Å². The largest absolute Gasteiger partial charge is 0.497 e. The average molecular weight is 390 g/mol. The highest BCUT2D eigenvalue weighted by Crippen LogP contribution is 2.57. The van der Waals surface area contributed by atoms with Gasteiger partial charge in [0.15, 0.2) is 0 Å². The summed E-state index contributed by atoms with van der Waals surface area (Å²) < 4.78 is 5.55. The number of carbonyl (C=O) groups is 1. The average Bonchev–Trinajstić information content (AvgIpc) is 2.58. The Bertz CT molecular complexity index is 731. The van der Waals surface area contributed by atoms with Gasteiger partial charge in [-0.3, -0.25) is 9.69 Å². The zero-order chi connectivity index (χ0) is 17.9. The van der Waals surface area contributed by atoms with Crippen molar-refractivity contribution in [2.24, 2.45) is 17.8 Å². The Labute approximate surface area is 169 Å². The standard InChI is InChI=1S/C23H31NO2.ClH/c1-15-10-18(25)13-23-8-9-24(14-16-4-3-5-16)21(22(15)23)11-17-6-7-19(26-2)12-20(17)23;/h6-7,12,15-16,21-22H,3-5,8-11,13-14H2,1-2H3;1H/t15-,21+,22-,23+;/m0./s1. The van der Waals surface area contributed by atoms with Crippen LogP contribution >= 0.6 is 12.4 Å². The number of benzene rings is 1. The summed E-state index contributed by atoms with van der Waals surface area (Å²) in [4.78, 5) is 15.5. The molecule has 0 spiro atoms. The van der Waals surface area contributed by atoms with Gasteiger partial charge in [0.25, 0.3) is 0 Å². The van der Waals surface area contributed by atoms with Gasteiger partial charge in [-0.25, -0.2) is 0 Å². The molecule has 2 bridgehead atoms. The Morgan fingerprint density at radius 2 is 2.07 bits per heavy atom. The summed E-state index contributed by atoms with van der Waals surface area (Å²) >= 11 is 0. The highest BCUT2D eigenvalue weighted by molar-refractivity contribution is 5.85. The smallest absolute Gasteiger partial charge is 0.134 e. The molecule has 148 valence electrons. The van der Waals surface area contributed by atoms with Crippen molar-refractivity contribution in [3.05, 3.63) is 29.3 Å². The first kappa shape index (κ1) is 19.3. The molecule has 1 saturated heterocycles. The number of fused-ring (bicyclic) bond motifs is 1. The first-order valence-corrected chi connectivity index (χ1v) is 10.5. The predicted octanol–water partition coefficient (Wildman–Crippen LogP) is 4.40. The Balaban J connectivity index is 0.00000180. The fourth-order valence-electron chi connectivity index (χ4n) is 6.76. The molecule has 0 N–H and O–H groups in total. The van der Waals surface area contributed by atoms with Gasteiger partial charge in [0.1, 0.15) is 11.5 Å². The summed E-state index contributed by atoms with van der Waals surface area (Å²) in [5, 5.41) is 0. The molecule has 0 radical (unpaired) electrons. The molecule has 5 rings (SSSR count). The third-order valence-corrected chi connectivity index (χ3v) is 8.04. The number of piperidine rings is 1. The van der Waals surface area contributed by atoms with Gasteiger partial charge in [0.2, 0.25) is 0 Å². The molecule has 1 aliphatic heterocycles. The Hall–Kier alpha value is -1.06. The molecule has 3 aliphatic carbocycles. The van der Waals surface area contributed by atoms with E-state index in [0.717, 1.165) is 43.9 Å². The van der Waals surface area contributed by atoms with Crippen LogP contribution in [0.5, 0.6) is 5.75 Å². The van der Waals surface area contributed by atoms with Crippen LogP contribution in [0.3, 0.4) is 0 Å². The molecule has 0 unspecified atom stereocenters. The fourth-order valence-corrected chi connectivity index (χ4v) is 6.76. The van der Waals surface area contributed by atoms with Crippen LogP contribution < -0.4 is 4.74 Å². The number of hydrogen-bond donors (Lipinski definition) is 0. The van der Waals surface area contributed by atoms with E-state index in [1.165, 1.54) is 36.9 Å². The van der Waals surface area contributed by atoms with Crippen LogP contribution in [0.1, 0.15) is 56.6 Å². The lowest BCUT2D eigenvalue weighted by Gasteiger charge is -2.61. The molecule has 2 saturated carbocycles. The first-order chi connectivity index (χ1) is 12.6. The van der Waals surface area contributed by atoms with Gasteiger partial charge >= 0.3 is 0 Å². The lowest BCUT2D eigenvalue weighted by atomic mass is 9.49. The van der Waals surface area contributed by atoms with Crippen molar-refractivity contribution in [2.45, 2.75) is 63.3 Å². The van der Waals surface area contributed by atoms with Crippen LogP contribution in [-0.4, -0.2) is 36.9 Å².